The second-order valence-electron chi connectivity index (χ2n) is 9.79. The van der Waals surface area contributed by atoms with Crippen LogP contribution in [-0.4, -0.2) is 97.6 Å². The maximum absolute atomic E-state index is 13.6. The summed E-state index contributed by atoms with van der Waals surface area (Å²) in [7, 11) is 4.79. The van der Waals surface area contributed by atoms with Gasteiger partial charge >= 0.3 is 0 Å². The van der Waals surface area contributed by atoms with Crippen molar-refractivity contribution >= 4 is 35.5 Å². The van der Waals surface area contributed by atoms with E-state index < -0.39 is 18.1 Å². The van der Waals surface area contributed by atoms with Crippen LogP contribution >= 0.6 is 11.3 Å². The van der Waals surface area contributed by atoms with Gasteiger partial charge in [-0.1, -0.05) is 27.2 Å². The summed E-state index contributed by atoms with van der Waals surface area (Å²) in [5, 5.41) is 8.01. The molecule has 11 nitrogen and oxygen atoms in total. The van der Waals surface area contributed by atoms with Gasteiger partial charge in [-0.2, -0.15) is 0 Å². The lowest BCUT2D eigenvalue weighted by molar-refractivity contribution is -0.145. The van der Waals surface area contributed by atoms with Gasteiger partial charge in [-0.25, -0.2) is 4.98 Å². The molecule has 1 aliphatic rings. The van der Waals surface area contributed by atoms with Crippen LogP contribution in [0.4, 0.5) is 0 Å². The van der Waals surface area contributed by atoms with Crippen LogP contribution in [0.1, 0.15) is 51.5 Å². The van der Waals surface area contributed by atoms with Crippen LogP contribution in [0.15, 0.2) is 11.6 Å². The Morgan fingerprint density at radius 2 is 2.03 bits per heavy atom. The summed E-state index contributed by atoms with van der Waals surface area (Å²) < 4.78 is 11.6. The summed E-state index contributed by atoms with van der Waals surface area (Å²) >= 11 is 1.48. The molecule has 2 N–H and O–H groups in total. The number of methoxy groups -OCH3 is 2. The first-order valence-electron chi connectivity index (χ1n) is 13.1. The Hall–Kier alpha value is -2.57. The number of aromatic nitrogens is 1. The third-order valence-corrected chi connectivity index (χ3v) is 8.32. The van der Waals surface area contributed by atoms with E-state index in [1.165, 1.54) is 11.3 Å². The van der Waals surface area contributed by atoms with Gasteiger partial charge in [0.2, 0.25) is 24.1 Å². The zero-order valence-electron chi connectivity index (χ0n) is 23.3. The van der Waals surface area contributed by atoms with E-state index >= 15 is 0 Å². The van der Waals surface area contributed by atoms with E-state index in [2.05, 4.69) is 15.6 Å². The van der Waals surface area contributed by atoms with Gasteiger partial charge in [0.1, 0.15) is 5.01 Å². The molecule has 0 radical (unpaired) electrons. The van der Waals surface area contributed by atoms with Gasteiger partial charge in [0, 0.05) is 39.4 Å². The van der Waals surface area contributed by atoms with Gasteiger partial charge in [0.05, 0.1) is 49.7 Å². The lowest BCUT2D eigenvalue weighted by atomic mass is 9.90. The number of carbonyl (C=O) groups excluding carboxylic acids is 4. The molecule has 4 amide bonds. The van der Waals surface area contributed by atoms with E-state index in [9.17, 15) is 19.2 Å². The molecule has 0 aliphatic carbocycles. The van der Waals surface area contributed by atoms with Gasteiger partial charge in [-0.15, -0.1) is 11.3 Å². The molecule has 6 atom stereocenters. The Balaban J connectivity index is 2.12. The number of amides is 4. The molecule has 1 aromatic heterocycles. The van der Waals surface area contributed by atoms with Crippen molar-refractivity contribution in [2.75, 3.05) is 34.4 Å². The molecule has 0 saturated carbocycles. The van der Waals surface area contributed by atoms with Crippen LogP contribution in [0.3, 0.4) is 0 Å². The number of thiazole rings is 1. The van der Waals surface area contributed by atoms with Gasteiger partial charge in [-0.05, 0) is 18.8 Å². The third-order valence-electron chi connectivity index (χ3n) is 7.54. The largest absolute Gasteiger partial charge is 0.379 e. The van der Waals surface area contributed by atoms with Crippen molar-refractivity contribution in [3.63, 3.8) is 0 Å². The first kappa shape index (κ1) is 31.6. The van der Waals surface area contributed by atoms with Gasteiger partial charge in [0.25, 0.3) is 0 Å². The van der Waals surface area contributed by atoms with Crippen molar-refractivity contribution in [2.24, 2.45) is 11.8 Å². The predicted molar refractivity (Wildman–Crippen MR) is 144 cm³/mol. The number of likely N-dealkylation sites (tertiary alicyclic amines) is 1. The van der Waals surface area contributed by atoms with Gasteiger partial charge in [0.15, 0.2) is 0 Å². The minimum Gasteiger partial charge on any atom is -0.379 e. The van der Waals surface area contributed by atoms with Crippen LogP contribution < -0.4 is 10.6 Å². The summed E-state index contributed by atoms with van der Waals surface area (Å²) in [6.45, 7) is 6.66. The summed E-state index contributed by atoms with van der Waals surface area (Å²) in [5.74, 6) is -0.925. The molecule has 1 aliphatic heterocycles. The molecule has 2 rings (SSSR count). The summed E-state index contributed by atoms with van der Waals surface area (Å²) in [5.41, 5.74) is 0. The highest BCUT2D eigenvalue weighted by molar-refractivity contribution is 7.09. The lowest BCUT2D eigenvalue weighted by Gasteiger charge is -2.39. The molecule has 0 spiro atoms. The van der Waals surface area contributed by atoms with E-state index in [1.54, 1.807) is 37.3 Å². The maximum atomic E-state index is 13.6. The quantitative estimate of drug-likeness (QED) is 0.296. The van der Waals surface area contributed by atoms with Crippen molar-refractivity contribution < 1.29 is 28.7 Å². The Kier molecular flexibility index (Phi) is 13.1. The van der Waals surface area contributed by atoms with Gasteiger partial charge < -0.3 is 29.9 Å². The van der Waals surface area contributed by atoms with E-state index in [-0.39, 0.29) is 48.7 Å². The molecule has 1 saturated heterocycles. The van der Waals surface area contributed by atoms with Crippen LogP contribution in [0.2, 0.25) is 0 Å². The molecule has 38 heavy (non-hydrogen) atoms. The normalized spacial score (nSPS) is 19.2. The first-order chi connectivity index (χ1) is 18.2. The maximum Gasteiger partial charge on any atom is 0.242 e. The number of hydrogen-bond acceptors (Lipinski definition) is 8. The third kappa shape index (κ3) is 8.21. The first-order valence-corrected chi connectivity index (χ1v) is 14.0. The Morgan fingerprint density at radius 1 is 1.29 bits per heavy atom. The molecule has 6 unspecified atom stereocenters. The zero-order valence-corrected chi connectivity index (χ0v) is 24.2. The summed E-state index contributed by atoms with van der Waals surface area (Å²) in [4.78, 5) is 57.4. The van der Waals surface area contributed by atoms with E-state index in [4.69, 9.17) is 9.47 Å². The highest BCUT2D eigenvalue weighted by Gasteiger charge is 2.41. The molecular weight excluding hydrogens is 510 g/mol. The molecular formula is C26H43N5O6S. The average molecular weight is 554 g/mol. The monoisotopic (exact) mass is 553 g/mol. The fourth-order valence-corrected chi connectivity index (χ4v) is 5.80. The molecule has 12 heteroatoms. The fraction of sp³-hybridized carbons (Fsp3) is 0.731. The zero-order chi connectivity index (χ0) is 28.2. The van der Waals surface area contributed by atoms with Crippen LogP contribution in [0.5, 0.6) is 0 Å². The summed E-state index contributed by atoms with van der Waals surface area (Å²) in [6.07, 6.45) is 3.59. The van der Waals surface area contributed by atoms with Crippen LogP contribution in [0, 0.1) is 11.8 Å². The molecule has 2 heterocycles. The molecule has 214 valence electrons. The molecule has 0 bridgehead atoms. The van der Waals surface area contributed by atoms with Crippen molar-refractivity contribution in [1.29, 1.82) is 0 Å². The van der Waals surface area contributed by atoms with Crippen molar-refractivity contribution in [3.05, 3.63) is 16.6 Å². The number of rotatable bonds is 16. The number of likely N-dealkylation sites (N-methyl/N-ethyl adjacent to an activating group) is 1. The fourth-order valence-electron chi connectivity index (χ4n) is 5.24. The van der Waals surface area contributed by atoms with Crippen molar-refractivity contribution in [3.8, 4) is 0 Å². The summed E-state index contributed by atoms with van der Waals surface area (Å²) in [6, 6.07) is -0.603. The van der Waals surface area contributed by atoms with Crippen molar-refractivity contribution in [1.82, 2.24) is 25.4 Å². The molecule has 1 aromatic rings. The van der Waals surface area contributed by atoms with E-state index in [0.29, 0.717) is 19.5 Å². The minimum atomic E-state index is -0.538. The Bertz CT molecular complexity index is 901. The SMILES string of the molecule is CCC(C)C(C(CC(=O)N1CCCC1C(OC)C(C)C(=O)NCc1nccs1)OC)N(C)C(=O)CNC=O. The predicted octanol–water partition coefficient (Wildman–Crippen LogP) is 1.43. The minimum absolute atomic E-state index is 0.0561. The number of nitrogens with one attached hydrogen (secondary N) is 2. The highest BCUT2D eigenvalue weighted by Crippen LogP contribution is 2.29. The lowest BCUT2D eigenvalue weighted by Crippen LogP contribution is -2.54. The van der Waals surface area contributed by atoms with Crippen molar-refractivity contribution in [2.45, 2.75) is 77.3 Å². The second-order valence-corrected chi connectivity index (χ2v) is 10.8. The number of nitrogens with zero attached hydrogens (tertiary/aromatic N) is 3. The van der Waals surface area contributed by atoms with Gasteiger partial charge in [-0.3, -0.25) is 19.2 Å². The number of ether oxygens (including phenoxy) is 2. The van der Waals surface area contributed by atoms with Crippen LogP contribution in [-0.2, 0) is 35.2 Å². The number of carbonyl (C=O) groups is 4. The van der Waals surface area contributed by atoms with E-state index in [1.807, 2.05) is 26.2 Å². The Morgan fingerprint density at radius 3 is 2.61 bits per heavy atom. The topological polar surface area (TPSA) is 130 Å². The molecule has 1 fully saturated rings. The Labute approximate surface area is 229 Å². The smallest absolute Gasteiger partial charge is 0.242 e. The van der Waals surface area contributed by atoms with Crippen LogP contribution in [0.25, 0.3) is 0 Å². The highest BCUT2D eigenvalue weighted by atomic mass is 32.1. The van der Waals surface area contributed by atoms with E-state index in [0.717, 1.165) is 24.3 Å². The average Bonchev–Trinajstić information content (AvgIpc) is 3.62. The number of hydrogen-bond donors (Lipinski definition) is 2. The molecule has 0 aromatic carbocycles. The standard InChI is InChI=1S/C26H43N5O6S/c1-7-17(2)24(30(4)23(34)15-27-16-32)20(36-5)13-22(33)31-11-8-9-19(31)25(37-6)18(3)26(35)29-14-21-28-10-12-38-21/h10,12,16-20,24-25H,7-9,11,13-15H2,1-6H3,(H,27,32)(H,29,35). The second kappa shape index (κ2) is 15.7.